The van der Waals surface area contributed by atoms with Crippen LogP contribution in [0.3, 0.4) is 0 Å². The summed E-state index contributed by atoms with van der Waals surface area (Å²) >= 11 is 0. The fourth-order valence-electron chi connectivity index (χ4n) is 2.82. The molecular formula is C22H21F2N3O2. The van der Waals surface area contributed by atoms with Crippen molar-refractivity contribution in [2.24, 2.45) is 0 Å². The Morgan fingerprint density at radius 2 is 1.83 bits per heavy atom. The Kier molecular flexibility index (Phi) is 6.16. The van der Waals surface area contributed by atoms with Crippen LogP contribution in [0.25, 0.3) is 11.3 Å². The minimum Gasteiger partial charge on any atom is -0.352 e. The molecule has 5 nitrogen and oxygen atoms in total. The summed E-state index contributed by atoms with van der Waals surface area (Å²) in [7, 11) is 0. The van der Waals surface area contributed by atoms with E-state index in [0.29, 0.717) is 5.69 Å². The summed E-state index contributed by atoms with van der Waals surface area (Å²) in [4.78, 5) is 24.1. The van der Waals surface area contributed by atoms with Gasteiger partial charge in [-0.3, -0.25) is 9.59 Å². The number of halogens is 2. The highest BCUT2D eigenvalue weighted by Crippen LogP contribution is 2.19. The largest absolute Gasteiger partial charge is 0.352 e. The molecule has 1 heterocycles. The van der Waals surface area contributed by atoms with Gasteiger partial charge in [-0.25, -0.2) is 13.5 Å². The van der Waals surface area contributed by atoms with Gasteiger partial charge in [0.15, 0.2) is 0 Å². The average Bonchev–Trinajstić information content (AvgIpc) is 2.69. The van der Waals surface area contributed by atoms with Crippen molar-refractivity contribution in [2.45, 2.75) is 33.4 Å². The summed E-state index contributed by atoms with van der Waals surface area (Å²) < 4.78 is 27.8. The van der Waals surface area contributed by atoms with Gasteiger partial charge in [-0.05, 0) is 43.2 Å². The third kappa shape index (κ3) is 5.13. The van der Waals surface area contributed by atoms with Crippen LogP contribution in [0.5, 0.6) is 0 Å². The molecule has 0 aliphatic heterocycles. The van der Waals surface area contributed by atoms with Gasteiger partial charge in [0, 0.05) is 36.2 Å². The number of nitrogens with zero attached hydrogens (tertiary/aromatic N) is 2. The molecule has 0 atom stereocenters. The number of amides is 1. The van der Waals surface area contributed by atoms with Gasteiger partial charge in [0.1, 0.15) is 11.6 Å². The molecule has 0 aliphatic rings. The Hall–Kier alpha value is -3.35. The molecule has 0 fully saturated rings. The Morgan fingerprint density at radius 3 is 2.55 bits per heavy atom. The molecule has 0 radical (unpaired) electrons. The zero-order valence-corrected chi connectivity index (χ0v) is 16.2. The highest BCUT2D eigenvalue weighted by Gasteiger charge is 2.09. The topological polar surface area (TPSA) is 64.0 Å². The lowest BCUT2D eigenvalue weighted by Crippen LogP contribution is -2.28. The summed E-state index contributed by atoms with van der Waals surface area (Å²) in [5.41, 5.74) is 3.69. The molecular weight excluding hydrogens is 376 g/mol. The quantitative estimate of drug-likeness (QED) is 0.692. The lowest BCUT2D eigenvalue weighted by atomic mass is 10.0. The maximum atomic E-state index is 13.6. The third-order valence-electron chi connectivity index (χ3n) is 4.71. The van der Waals surface area contributed by atoms with Gasteiger partial charge >= 0.3 is 0 Å². The molecule has 0 saturated carbocycles. The van der Waals surface area contributed by atoms with Crippen molar-refractivity contribution in [2.75, 3.05) is 0 Å². The fourth-order valence-corrected chi connectivity index (χ4v) is 2.82. The number of benzene rings is 2. The third-order valence-corrected chi connectivity index (χ3v) is 4.71. The molecule has 2 aromatic carbocycles. The molecule has 1 aromatic heterocycles. The molecule has 0 unspecified atom stereocenters. The van der Waals surface area contributed by atoms with Crippen LogP contribution in [-0.4, -0.2) is 15.7 Å². The summed E-state index contributed by atoms with van der Waals surface area (Å²) in [6.45, 7) is 4.05. The maximum Gasteiger partial charge on any atom is 0.266 e. The molecule has 0 spiro atoms. The van der Waals surface area contributed by atoms with Crippen LogP contribution in [0, 0.1) is 25.5 Å². The monoisotopic (exact) mass is 397 g/mol. The number of carbonyl (C=O) groups excluding carboxylic acids is 1. The number of aryl methyl sites for hydroxylation is 3. The second-order valence-corrected chi connectivity index (χ2v) is 6.84. The van der Waals surface area contributed by atoms with Crippen LogP contribution in [0.2, 0.25) is 0 Å². The van der Waals surface area contributed by atoms with E-state index in [-0.39, 0.29) is 36.5 Å². The van der Waals surface area contributed by atoms with E-state index in [4.69, 9.17) is 0 Å². The predicted molar refractivity (Wildman–Crippen MR) is 106 cm³/mol. The van der Waals surface area contributed by atoms with Gasteiger partial charge in [0.2, 0.25) is 5.91 Å². The molecule has 1 N–H and O–H groups in total. The zero-order valence-electron chi connectivity index (χ0n) is 16.2. The van der Waals surface area contributed by atoms with Crippen LogP contribution in [0.4, 0.5) is 8.78 Å². The Balaban J connectivity index is 1.64. The predicted octanol–water partition coefficient (Wildman–Crippen LogP) is 3.51. The number of hydrogen-bond acceptors (Lipinski definition) is 3. The summed E-state index contributed by atoms with van der Waals surface area (Å²) in [6.07, 6.45) is 0.00605. The van der Waals surface area contributed by atoms with Crippen LogP contribution < -0.4 is 10.9 Å². The van der Waals surface area contributed by atoms with E-state index in [1.165, 1.54) is 16.8 Å². The summed E-state index contributed by atoms with van der Waals surface area (Å²) in [5.74, 6) is -1.75. The molecule has 3 aromatic rings. The van der Waals surface area contributed by atoms with E-state index in [0.717, 1.165) is 28.8 Å². The van der Waals surface area contributed by atoms with Crippen molar-refractivity contribution >= 4 is 5.91 Å². The van der Waals surface area contributed by atoms with Crippen molar-refractivity contribution < 1.29 is 13.6 Å². The first kappa shape index (κ1) is 20.4. The first-order chi connectivity index (χ1) is 13.8. The zero-order chi connectivity index (χ0) is 21.0. The number of hydrogen-bond donors (Lipinski definition) is 1. The summed E-state index contributed by atoms with van der Waals surface area (Å²) in [5, 5.41) is 6.91. The maximum absolute atomic E-state index is 13.6. The highest BCUT2D eigenvalue weighted by atomic mass is 19.1. The van der Waals surface area contributed by atoms with E-state index in [1.54, 1.807) is 6.07 Å². The minimum atomic E-state index is -0.718. The number of carbonyl (C=O) groups is 1. The molecule has 0 aliphatic carbocycles. The highest BCUT2D eigenvalue weighted by molar-refractivity contribution is 5.75. The molecule has 0 bridgehead atoms. The Morgan fingerprint density at radius 1 is 1.03 bits per heavy atom. The van der Waals surface area contributed by atoms with E-state index >= 15 is 0 Å². The van der Waals surface area contributed by atoms with Crippen molar-refractivity contribution in [1.29, 1.82) is 0 Å². The number of rotatable bonds is 6. The molecule has 29 heavy (non-hydrogen) atoms. The van der Waals surface area contributed by atoms with Crippen LogP contribution in [0.1, 0.15) is 23.1 Å². The van der Waals surface area contributed by atoms with Crippen LogP contribution in [-0.2, 0) is 17.9 Å². The second kappa shape index (κ2) is 8.77. The van der Waals surface area contributed by atoms with E-state index in [1.807, 2.05) is 32.0 Å². The second-order valence-electron chi connectivity index (χ2n) is 6.84. The smallest absolute Gasteiger partial charge is 0.266 e. The number of nitrogens with one attached hydrogen (secondary N) is 1. The number of aromatic nitrogens is 2. The lowest BCUT2D eigenvalue weighted by molar-refractivity contribution is -0.121. The molecule has 0 saturated heterocycles. The van der Waals surface area contributed by atoms with E-state index in [9.17, 15) is 18.4 Å². The van der Waals surface area contributed by atoms with Crippen molar-refractivity contribution in [3.05, 3.63) is 87.2 Å². The standard InChI is InChI=1S/C22H21F2N3O2/c1-14-3-4-16(11-15(14)2)20-7-8-22(29)27(26-20)10-9-21(28)25-13-17-5-6-18(23)12-19(17)24/h3-8,11-12H,9-10,13H2,1-2H3,(H,25,28). The van der Waals surface area contributed by atoms with Gasteiger partial charge < -0.3 is 5.32 Å². The van der Waals surface area contributed by atoms with Gasteiger partial charge in [-0.2, -0.15) is 5.10 Å². The SMILES string of the molecule is Cc1ccc(-c2ccc(=O)n(CCC(=O)NCc3ccc(F)cc3F)n2)cc1C. The van der Waals surface area contributed by atoms with Crippen LogP contribution >= 0.6 is 0 Å². The lowest BCUT2D eigenvalue weighted by Gasteiger charge is -2.09. The molecule has 150 valence electrons. The average molecular weight is 397 g/mol. The first-order valence-corrected chi connectivity index (χ1v) is 9.20. The fraction of sp³-hybridized carbons (Fsp3) is 0.227. The Labute approximate surface area is 167 Å². The van der Waals surface area contributed by atoms with E-state index in [2.05, 4.69) is 10.4 Å². The van der Waals surface area contributed by atoms with Gasteiger partial charge in [0.25, 0.3) is 5.56 Å². The molecule has 3 rings (SSSR count). The molecule has 7 heteroatoms. The van der Waals surface area contributed by atoms with E-state index < -0.39 is 11.6 Å². The van der Waals surface area contributed by atoms with Gasteiger partial charge in [-0.15, -0.1) is 0 Å². The summed E-state index contributed by atoms with van der Waals surface area (Å²) in [6, 6.07) is 12.2. The Bertz CT molecular complexity index is 1110. The van der Waals surface area contributed by atoms with Gasteiger partial charge in [-0.1, -0.05) is 18.2 Å². The van der Waals surface area contributed by atoms with Gasteiger partial charge in [0.05, 0.1) is 12.2 Å². The van der Waals surface area contributed by atoms with Crippen LogP contribution in [0.15, 0.2) is 53.3 Å². The molecule has 1 amide bonds. The van der Waals surface area contributed by atoms with Crippen molar-refractivity contribution in [1.82, 2.24) is 15.1 Å². The normalized spacial score (nSPS) is 10.8. The minimum absolute atomic E-state index is 0.00605. The first-order valence-electron chi connectivity index (χ1n) is 9.20. The van der Waals surface area contributed by atoms with Crippen molar-refractivity contribution in [3.8, 4) is 11.3 Å². The van der Waals surface area contributed by atoms with Crippen molar-refractivity contribution in [3.63, 3.8) is 0 Å².